The Labute approximate surface area is 240 Å². The van der Waals surface area contributed by atoms with E-state index >= 15 is 0 Å². The summed E-state index contributed by atoms with van der Waals surface area (Å²) in [5.41, 5.74) is 7.10. The standard InChI is InChI=1S/C31H42F3N5O2/c1-5-21-6-11-25(36-19-21)28(23-7-9-24(10-8-23)31(32,33)34)38-16-17-39(26(20-38)30(2,3)4)27(40)18-22-12-14-37(15-13-22)29(35)41/h6-11,19,22,26,28H,5,12-18,20H2,1-4H3,(H2,35,41)/t26-,28?/m1/s1. The lowest BCUT2D eigenvalue weighted by Gasteiger charge is -2.49. The third-order valence-corrected chi connectivity index (χ3v) is 8.58. The second-order valence-electron chi connectivity index (χ2n) is 12.4. The molecule has 0 spiro atoms. The summed E-state index contributed by atoms with van der Waals surface area (Å²) in [7, 11) is 0. The number of amides is 3. The van der Waals surface area contributed by atoms with Gasteiger partial charge < -0.3 is 15.5 Å². The molecular weight excluding hydrogens is 531 g/mol. The molecule has 0 radical (unpaired) electrons. The van der Waals surface area contributed by atoms with Gasteiger partial charge in [0.15, 0.2) is 0 Å². The number of carbonyl (C=O) groups excluding carboxylic acids is 2. The van der Waals surface area contributed by atoms with Gasteiger partial charge >= 0.3 is 12.2 Å². The maximum Gasteiger partial charge on any atom is 0.416 e. The van der Waals surface area contributed by atoms with Gasteiger partial charge in [0.25, 0.3) is 0 Å². The Morgan fingerprint density at radius 2 is 1.66 bits per heavy atom. The van der Waals surface area contributed by atoms with Crippen molar-refractivity contribution < 1.29 is 22.8 Å². The monoisotopic (exact) mass is 573 g/mol. The number of piperazine rings is 1. The highest BCUT2D eigenvalue weighted by Crippen LogP contribution is 2.37. The number of benzene rings is 1. The third kappa shape index (κ3) is 7.39. The highest BCUT2D eigenvalue weighted by molar-refractivity contribution is 5.77. The molecule has 0 saturated carbocycles. The molecule has 10 heteroatoms. The van der Waals surface area contributed by atoms with E-state index in [-0.39, 0.29) is 29.3 Å². The van der Waals surface area contributed by atoms with Gasteiger partial charge in [-0.3, -0.25) is 14.7 Å². The average molecular weight is 574 g/mol. The number of alkyl halides is 3. The molecule has 2 N–H and O–H groups in total. The van der Waals surface area contributed by atoms with Crippen molar-refractivity contribution in [2.45, 2.75) is 71.6 Å². The zero-order chi connectivity index (χ0) is 29.9. The molecule has 7 nitrogen and oxygen atoms in total. The van der Waals surface area contributed by atoms with E-state index in [2.05, 4.69) is 32.6 Å². The predicted molar refractivity (Wildman–Crippen MR) is 152 cm³/mol. The summed E-state index contributed by atoms with van der Waals surface area (Å²) in [4.78, 5) is 35.7. The van der Waals surface area contributed by atoms with Gasteiger partial charge in [0.1, 0.15) is 0 Å². The lowest BCUT2D eigenvalue weighted by molar-refractivity contribution is -0.141. The van der Waals surface area contributed by atoms with Crippen LogP contribution in [-0.4, -0.2) is 70.4 Å². The highest BCUT2D eigenvalue weighted by atomic mass is 19.4. The zero-order valence-corrected chi connectivity index (χ0v) is 24.5. The number of primary amides is 1. The van der Waals surface area contributed by atoms with Crippen LogP contribution in [0, 0.1) is 11.3 Å². The Morgan fingerprint density at radius 3 is 2.17 bits per heavy atom. The molecule has 0 aliphatic carbocycles. The molecule has 41 heavy (non-hydrogen) atoms. The van der Waals surface area contributed by atoms with E-state index in [1.165, 1.54) is 0 Å². The second-order valence-corrected chi connectivity index (χ2v) is 12.4. The van der Waals surface area contributed by atoms with Crippen LogP contribution in [0.1, 0.15) is 75.4 Å². The molecule has 1 aromatic heterocycles. The van der Waals surface area contributed by atoms with Gasteiger partial charge in [-0.15, -0.1) is 0 Å². The molecule has 3 heterocycles. The van der Waals surface area contributed by atoms with E-state index in [0.717, 1.165) is 48.2 Å². The molecule has 4 rings (SSSR count). The van der Waals surface area contributed by atoms with Crippen molar-refractivity contribution in [1.29, 1.82) is 0 Å². The Morgan fingerprint density at radius 1 is 1.00 bits per heavy atom. The van der Waals surface area contributed by atoms with Crippen LogP contribution in [0.15, 0.2) is 42.6 Å². The predicted octanol–water partition coefficient (Wildman–Crippen LogP) is 5.49. The van der Waals surface area contributed by atoms with Crippen molar-refractivity contribution in [3.8, 4) is 0 Å². The number of hydrogen-bond acceptors (Lipinski definition) is 4. The number of aromatic nitrogens is 1. The van der Waals surface area contributed by atoms with E-state index in [1.54, 1.807) is 17.0 Å². The van der Waals surface area contributed by atoms with Crippen LogP contribution >= 0.6 is 0 Å². The minimum Gasteiger partial charge on any atom is -0.351 e. The van der Waals surface area contributed by atoms with Crippen molar-refractivity contribution in [1.82, 2.24) is 19.7 Å². The minimum absolute atomic E-state index is 0.0960. The average Bonchev–Trinajstić information content (AvgIpc) is 2.93. The van der Waals surface area contributed by atoms with Gasteiger partial charge in [-0.25, -0.2) is 4.79 Å². The third-order valence-electron chi connectivity index (χ3n) is 8.58. The van der Waals surface area contributed by atoms with E-state index in [9.17, 15) is 22.8 Å². The van der Waals surface area contributed by atoms with E-state index in [1.807, 2.05) is 23.2 Å². The molecule has 1 aromatic carbocycles. The number of nitrogens with two attached hydrogens (primary N) is 1. The Bertz CT molecular complexity index is 1190. The summed E-state index contributed by atoms with van der Waals surface area (Å²) in [5.74, 6) is 0.316. The summed E-state index contributed by atoms with van der Waals surface area (Å²) in [5, 5.41) is 0. The van der Waals surface area contributed by atoms with Crippen molar-refractivity contribution >= 4 is 11.9 Å². The first-order valence-corrected chi connectivity index (χ1v) is 14.5. The topological polar surface area (TPSA) is 82.8 Å². The lowest BCUT2D eigenvalue weighted by atomic mass is 9.82. The summed E-state index contributed by atoms with van der Waals surface area (Å²) < 4.78 is 40.0. The SMILES string of the molecule is CCc1ccc(C(c2ccc(C(F)(F)F)cc2)N2CCN(C(=O)CC3CCN(C(N)=O)CC3)[C@@H](C(C)(C)C)C2)nc1. The number of hydrogen-bond donors (Lipinski definition) is 1. The highest BCUT2D eigenvalue weighted by Gasteiger charge is 2.41. The summed E-state index contributed by atoms with van der Waals surface area (Å²) in [6, 6.07) is 8.48. The van der Waals surface area contributed by atoms with Crippen LogP contribution in [0.4, 0.5) is 18.0 Å². The van der Waals surface area contributed by atoms with Crippen LogP contribution in [0.3, 0.4) is 0 Å². The van der Waals surface area contributed by atoms with Gasteiger partial charge in [-0.2, -0.15) is 13.2 Å². The Kier molecular flexibility index (Phi) is 9.31. The largest absolute Gasteiger partial charge is 0.416 e. The number of urea groups is 1. The molecule has 2 saturated heterocycles. The normalized spacial score (nSPS) is 20.2. The molecule has 2 aliphatic heterocycles. The van der Waals surface area contributed by atoms with Gasteiger partial charge in [0, 0.05) is 51.4 Å². The number of piperidine rings is 1. The maximum absolute atomic E-state index is 13.6. The fourth-order valence-electron chi connectivity index (χ4n) is 6.03. The number of pyridine rings is 1. The van der Waals surface area contributed by atoms with Crippen molar-refractivity contribution in [3.63, 3.8) is 0 Å². The number of halogens is 3. The number of nitrogens with zero attached hydrogens (tertiary/aromatic N) is 4. The second kappa shape index (κ2) is 12.4. The van der Waals surface area contributed by atoms with Gasteiger partial charge in [0.05, 0.1) is 17.3 Å². The minimum atomic E-state index is -4.41. The van der Waals surface area contributed by atoms with Gasteiger partial charge in [-0.05, 0) is 59.9 Å². The van der Waals surface area contributed by atoms with E-state index < -0.39 is 17.8 Å². The summed E-state index contributed by atoms with van der Waals surface area (Å²) in [6.07, 6.45) is 0.203. The van der Waals surface area contributed by atoms with Crippen molar-refractivity contribution in [3.05, 3.63) is 65.0 Å². The first-order valence-electron chi connectivity index (χ1n) is 14.5. The molecule has 0 bridgehead atoms. The van der Waals surface area contributed by atoms with Crippen LogP contribution < -0.4 is 5.73 Å². The number of carbonyl (C=O) groups is 2. The summed E-state index contributed by atoms with van der Waals surface area (Å²) >= 11 is 0. The maximum atomic E-state index is 13.6. The fourth-order valence-corrected chi connectivity index (χ4v) is 6.03. The molecule has 2 aromatic rings. The molecule has 2 fully saturated rings. The molecule has 224 valence electrons. The van der Waals surface area contributed by atoms with Gasteiger partial charge in [0.2, 0.25) is 5.91 Å². The first kappa shape index (κ1) is 30.8. The fraction of sp³-hybridized carbons (Fsp3) is 0.581. The van der Waals surface area contributed by atoms with Crippen LogP contribution in [0.5, 0.6) is 0 Å². The first-order chi connectivity index (χ1) is 19.3. The molecule has 3 amide bonds. The molecule has 2 atom stereocenters. The van der Waals surface area contributed by atoms with Gasteiger partial charge in [-0.1, -0.05) is 45.9 Å². The van der Waals surface area contributed by atoms with Crippen molar-refractivity contribution in [2.75, 3.05) is 32.7 Å². The Balaban J connectivity index is 1.57. The van der Waals surface area contributed by atoms with E-state index in [4.69, 9.17) is 10.7 Å². The summed E-state index contributed by atoms with van der Waals surface area (Å²) in [6.45, 7) is 11.2. The number of likely N-dealkylation sites (tertiary alicyclic amines) is 1. The van der Waals surface area contributed by atoms with E-state index in [0.29, 0.717) is 39.1 Å². The van der Waals surface area contributed by atoms with Crippen molar-refractivity contribution in [2.24, 2.45) is 17.1 Å². The smallest absolute Gasteiger partial charge is 0.351 e. The van der Waals surface area contributed by atoms with Crippen LogP contribution in [0.2, 0.25) is 0 Å². The quantitative estimate of drug-likeness (QED) is 0.495. The number of rotatable bonds is 6. The number of aryl methyl sites for hydroxylation is 1. The van der Waals surface area contributed by atoms with Crippen LogP contribution in [0.25, 0.3) is 0 Å². The van der Waals surface area contributed by atoms with Crippen LogP contribution in [-0.2, 0) is 17.4 Å². The lowest BCUT2D eigenvalue weighted by Crippen LogP contribution is -2.60. The zero-order valence-electron chi connectivity index (χ0n) is 24.5. The Hall–Kier alpha value is -3.14. The molecule has 2 aliphatic rings. The molecule has 1 unspecified atom stereocenters. The molecular formula is C31H42F3N5O2.